The lowest BCUT2D eigenvalue weighted by Gasteiger charge is -2.05. The van der Waals surface area contributed by atoms with Gasteiger partial charge >= 0.3 is 0 Å². The number of carbonyl (C=O) groups excluding carboxylic acids is 1. The molecule has 0 saturated carbocycles. The van der Waals surface area contributed by atoms with Gasteiger partial charge in [0.05, 0.1) is 16.3 Å². The number of thiazole rings is 1. The van der Waals surface area contributed by atoms with Crippen LogP contribution in [0, 0.1) is 11.6 Å². The van der Waals surface area contributed by atoms with Gasteiger partial charge in [0.2, 0.25) is 0 Å². The van der Waals surface area contributed by atoms with Crippen molar-refractivity contribution in [3.63, 3.8) is 0 Å². The molecule has 130 valence electrons. The number of hydrogen-bond donors (Lipinski definition) is 2. The first-order valence-corrected chi connectivity index (χ1v) is 8.76. The molecule has 4 nitrogen and oxygen atoms in total. The van der Waals surface area contributed by atoms with Gasteiger partial charge in [0.25, 0.3) is 5.91 Å². The maximum absolute atomic E-state index is 13.4. The van der Waals surface area contributed by atoms with E-state index in [1.807, 2.05) is 30.5 Å². The van der Waals surface area contributed by atoms with E-state index < -0.39 is 17.5 Å². The van der Waals surface area contributed by atoms with Gasteiger partial charge in [-0.25, -0.2) is 13.8 Å². The maximum Gasteiger partial charge on any atom is 0.259 e. The van der Waals surface area contributed by atoms with E-state index in [9.17, 15) is 13.6 Å². The molecule has 4 rings (SSSR count). The fraction of sp³-hybridized carbons (Fsp3) is 0. The number of aromatic nitrogens is 2. The fourth-order valence-electron chi connectivity index (χ4n) is 2.60. The number of benzene rings is 2. The number of nitrogens with one attached hydrogen (secondary N) is 2. The van der Waals surface area contributed by atoms with Crippen LogP contribution in [-0.4, -0.2) is 15.9 Å². The lowest BCUT2D eigenvalue weighted by Crippen LogP contribution is -2.13. The van der Waals surface area contributed by atoms with Crippen molar-refractivity contribution in [1.29, 1.82) is 0 Å². The molecular formula is C18H10ClF2N3OS. The maximum atomic E-state index is 13.4. The lowest BCUT2D eigenvalue weighted by atomic mass is 10.1. The summed E-state index contributed by atoms with van der Waals surface area (Å²) in [5, 5.41) is 5.54. The van der Waals surface area contributed by atoms with Crippen molar-refractivity contribution in [2.75, 3.05) is 5.32 Å². The fourth-order valence-corrected chi connectivity index (χ4v) is 3.54. The van der Waals surface area contributed by atoms with Gasteiger partial charge in [-0.2, -0.15) is 0 Å². The van der Waals surface area contributed by atoms with Crippen LogP contribution in [0.25, 0.3) is 22.2 Å². The molecule has 0 aliphatic heterocycles. The highest BCUT2D eigenvalue weighted by atomic mass is 35.5. The van der Waals surface area contributed by atoms with Gasteiger partial charge < -0.3 is 4.98 Å². The Morgan fingerprint density at radius 1 is 1.19 bits per heavy atom. The molecule has 0 radical (unpaired) electrons. The SMILES string of the molecule is O=C(Nc1nc(-c2c[nH]c3ccccc23)cs1)c1cc(F)c(F)cc1Cl. The molecular weight excluding hydrogens is 380 g/mol. The average Bonchev–Trinajstić information content (AvgIpc) is 3.24. The molecule has 2 N–H and O–H groups in total. The normalized spacial score (nSPS) is 11.0. The molecule has 0 aliphatic rings. The first kappa shape index (κ1) is 16.7. The predicted molar refractivity (Wildman–Crippen MR) is 98.7 cm³/mol. The largest absolute Gasteiger partial charge is 0.360 e. The van der Waals surface area contributed by atoms with E-state index in [4.69, 9.17) is 11.6 Å². The molecule has 0 atom stereocenters. The second-order valence-corrected chi connectivity index (χ2v) is 6.75. The first-order valence-electron chi connectivity index (χ1n) is 7.51. The van der Waals surface area contributed by atoms with Crippen LogP contribution in [0.2, 0.25) is 5.02 Å². The summed E-state index contributed by atoms with van der Waals surface area (Å²) in [6.07, 6.45) is 1.84. The van der Waals surface area contributed by atoms with Crippen LogP contribution in [0.4, 0.5) is 13.9 Å². The standard InChI is InChI=1S/C18H10ClF2N3OS/c19-12-6-14(21)13(20)5-10(12)17(25)24-18-23-16(8-26-18)11-7-22-15-4-2-1-3-9(11)15/h1-8,22H,(H,23,24,25). The summed E-state index contributed by atoms with van der Waals surface area (Å²) in [6.45, 7) is 0. The summed E-state index contributed by atoms with van der Waals surface area (Å²) >= 11 is 7.05. The molecule has 1 amide bonds. The van der Waals surface area contributed by atoms with Gasteiger partial charge in [-0.1, -0.05) is 29.8 Å². The number of para-hydroxylation sites is 1. The second kappa shape index (κ2) is 6.51. The molecule has 0 unspecified atom stereocenters. The van der Waals surface area contributed by atoms with Gasteiger partial charge in [0.15, 0.2) is 16.8 Å². The summed E-state index contributed by atoms with van der Waals surface area (Å²) in [6, 6.07) is 9.33. The zero-order valence-electron chi connectivity index (χ0n) is 13.0. The zero-order chi connectivity index (χ0) is 18.3. The van der Waals surface area contributed by atoms with Gasteiger partial charge in [-0.15, -0.1) is 11.3 Å². The number of H-pyrrole nitrogens is 1. The van der Waals surface area contributed by atoms with Crippen molar-refractivity contribution in [3.05, 3.63) is 70.2 Å². The zero-order valence-corrected chi connectivity index (χ0v) is 14.6. The lowest BCUT2D eigenvalue weighted by molar-refractivity contribution is 0.102. The Morgan fingerprint density at radius 2 is 1.96 bits per heavy atom. The number of halogens is 3. The molecule has 8 heteroatoms. The molecule has 2 aromatic heterocycles. The number of anilines is 1. The summed E-state index contributed by atoms with van der Waals surface area (Å²) in [5.41, 5.74) is 2.42. The highest BCUT2D eigenvalue weighted by Gasteiger charge is 2.17. The van der Waals surface area contributed by atoms with Crippen LogP contribution in [0.15, 0.2) is 48.0 Å². The number of hydrogen-bond acceptors (Lipinski definition) is 3. The Kier molecular flexibility index (Phi) is 4.18. The Bertz CT molecular complexity index is 1140. The minimum atomic E-state index is -1.14. The molecule has 2 aromatic carbocycles. The monoisotopic (exact) mass is 389 g/mol. The number of aromatic amines is 1. The Labute approximate surface area is 155 Å². The molecule has 0 spiro atoms. The Morgan fingerprint density at radius 3 is 2.81 bits per heavy atom. The highest BCUT2D eigenvalue weighted by Crippen LogP contribution is 2.31. The molecule has 0 aliphatic carbocycles. The van der Waals surface area contributed by atoms with Crippen LogP contribution in [-0.2, 0) is 0 Å². The second-order valence-electron chi connectivity index (χ2n) is 5.49. The summed E-state index contributed by atoms with van der Waals surface area (Å²) in [7, 11) is 0. The molecule has 4 aromatic rings. The van der Waals surface area contributed by atoms with Gasteiger partial charge in [-0.3, -0.25) is 10.1 Å². The van der Waals surface area contributed by atoms with Crippen molar-refractivity contribution in [3.8, 4) is 11.3 Å². The summed E-state index contributed by atoms with van der Waals surface area (Å²) in [5.74, 6) is -2.91. The number of fused-ring (bicyclic) bond motifs is 1. The van der Waals surface area contributed by atoms with Crippen LogP contribution in [0.5, 0.6) is 0 Å². The molecule has 0 fully saturated rings. The van der Waals surface area contributed by atoms with E-state index in [0.29, 0.717) is 10.8 Å². The number of carbonyl (C=O) groups is 1. The third-order valence-electron chi connectivity index (χ3n) is 3.84. The van der Waals surface area contributed by atoms with E-state index in [1.54, 1.807) is 5.38 Å². The molecule has 2 heterocycles. The van der Waals surface area contributed by atoms with E-state index in [1.165, 1.54) is 11.3 Å². The third-order valence-corrected chi connectivity index (χ3v) is 4.91. The average molecular weight is 390 g/mol. The topological polar surface area (TPSA) is 57.8 Å². The number of rotatable bonds is 3. The van der Waals surface area contributed by atoms with Crippen molar-refractivity contribution in [1.82, 2.24) is 9.97 Å². The Balaban J connectivity index is 1.61. The van der Waals surface area contributed by atoms with Gasteiger partial charge in [0, 0.05) is 28.0 Å². The van der Waals surface area contributed by atoms with Crippen molar-refractivity contribution >= 4 is 44.9 Å². The van der Waals surface area contributed by atoms with Crippen LogP contribution in [0.3, 0.4) is 0 Å². The number of amides is 1. The van der Waals surface area contributed by atoms with E-state index in [2.05, 4.69) is 15.3 Å². The van der Waals surface area contributed by atoms with E-state index in [0.717, 1.165) is 28.6 Å². The highest BCUT2D eigenvalue weighted by molar-refractivity contribution is 7.14. The van der Waals surface area contributed by atoms with E-state index in [-0.39, 0.29) is 10.6 Å². The predicted octanol–water partition coefficient (Wildman–Crippen LogP) is 5.48. The van der Waals surface area contributed by atoms with Gasteiger partial charge in [0.1, 0.15) is 0 Å². The van der Waals surface area contributed by atoms with Crippen molar-refractivity contribution in [2.24, 2.45) is 0 Å². The smallest absolute Gasteiger partial charge is 0.259 e. The summed E-state index contributed by atoms with van der Waals surface area (Å²) < 4.78 is 26.5. The molecule has 0 saturated heterocycles. The first-order chi connectivity index (χ1) is 12.5. The minimum absolute atomic E-state index is 0.158. The molecule has 26 heavy (non-hydrogen) atoms. The third kappa shape index (κ3) is 2.95. The van der Waals surface area contributed by atoms with Crippen LogP contribution < -0.4 is 5.32 Å². The quantitative estimate of drug-likeness (QED) is 0.456. The van der Waals surface area contributed by atoms with Crippen LogP contribution in [0.1, 0.15) is 10.4 Å². The van der Waals surface area contributed by atoms with E-state index >= 15 is 0 Å². The van der Waals surface area contributed by atoms with Crippen LogP contribution >= 0.6 is 22.9 Å². The van der Waals surface area contributed by atoms with Crippen molar-refractivity contribution < 1.29 is 13.6 Å². The molecule has 0 bridgehead atoms. The van der Waals surface area contributed by atoms with Gasteiger partial charge in [-0.05, 0) is 18.2 Å². The Hall–Kier alpha value is -2.77. The summed E-state index contributed by atoms with van der Waals surface area (Å²) in [4.78, 5) is 19.8. The van der Waals surface area contributed by atoms with Crippen molar-refractivity contribution in [2.45, 2.75) is 0 Å². The number of nitrogens with zero attached hydrogens (tertiary/aromatic N) is 1. The minimum Gasteiger partial charge on any atom is -0.360 e.